The summed E-state index contributed by atoms with van der Waals surface area (Å²) < 4.78 is 0. The number of aliphatic hydroxyl groups is 1. The third-order valence-electron chi connectivity index (χ3n) is 2.36. The summed E-state index contributed by atoms with van der Waals surface area (Å²) in [5.74, 6) is -1.20. The fraction of sp³-hybridized carbons (Fsp3) is 0.231. The Hall–Kier alpha value is -2.14. The molecule has 0 aliphatic heterocycles. The first-order valence-electron chi connectivity index (χ1n) is 5.42. The number of hydrogen-bond donors (Lipinski definition) is 2. The summed E-state index contributed by atoms with van der Waals surface area (Å²) in [6, 6.07) is 6.58. The van der Waals surface area contributed by atoms with Crippen LogP contribution in [0.4, 0.5) is 0 Å². The Morgan fingerprint density at radius 3 is 2.39 bits per heavy atom. The van der Waals surface area contributed by atoms with E-state index < -0.39 is 5.97 Å². The number of hydrogen-bond acceptors (Lipinski definition) is 3. The second-order valence-corrected chi connectivity index (χ2v) is 3.74. The van der Waals surface area contributed by atoms with Gasteiger partial charge in [0.1, 0.15) is 0 Å². The van der Waals surface area contributed by atoms with Crippen molar-refractivity contribution in [2.45, 2.75) is 0 Å². The normalized spacial score (nSPS) is 10.6. The SMILES string of the molecule is CN(CCO)C(=O)c1ccc(/C=C/C(=O)O)cc1. The third-order valence-corrected chi connectivity index (χ3v) is 2.36. The number of carbonyl (C=O) groups is 2. The number of amides is 1. The topological polar surface area (TPSA) is 77.8 Å². The molecule has 0 saturated carbocycles. The summed E-state index contributed by atoms with van der Waals surface area (Å²) in [6.07, 6.45) is 2.49. The molecule has 0 aromatic heterocycles. The highest BCUT2D eigenvalue weighted by atomic mass is 16.4. The van der Waals surface area contributed by atoms with Crippen LogP contribution in [0.25, 0.3) is 6.08 Å². The second-order valence-electron chi connectivity index (χ2n) is 3.74. The van der Waals surface area contributed by atoms with E-state index in [2.05, 4.69) is 0 Å². The smallest absolute Gasteiger partial charge is 0.328 e. The number of carboxylic acid groups (broad SMARTS) is 1. The molecular formula is C13H15NO4. The molecule has 96 valence electrons. The number of benzene rings is 1. The predicted molar refractivity (Wildman–Crippen MR) is 67.2 cm³/mol. The maximum atomic E-state index is 11.8. The Balaban J connectivity index is 2.76. The third kappa shape index (κ3) is 4.03. The fourth-order valence-electron chi connectivity index (χ4n) is 1.38. The molecule has 2 N–H and O–H groups in total. The van der Waals surface area contributed by atoms with Crippen LogP contribution in [0.2, 0.25) is 0 Å². The molecule has 5 nitrogen and oxygen atoms in total. The van der Waals surface area contributed by atoms with E-state index in [1.165, 1.54) is 11.0 Å². The van der Waals surface area contributed by atoms with Crippen molar-refractivity contribution in [3.63, 3.8) is 0 Å². The van der Waals surface area contributed by atoms with Crippen LogP contribution >= 0.6 is 0 Å². The van der Waals surface area contributed by atoms with Gasteiger partial charge >= 0.3 is 5.97 Å². The van der Waals surface area contributed by atoms with Crippen LogP contribution in [-0.2, 0) is 4.79 Å². The minimum Gasteiger partial charge on any atom is -0.478 e. The van der Waals surface area contributed by atoms with Crippen molar-refractivity contribution in [2.24, 2.45) is 0 Å². The quantitative estimate of drug-likeness (QED) is 0.758. The Kier molecular flexibility index (Phi) is 5.07. The van der Waals surface area contributed by atoms with Gasteiger partial charge in [-0.05, 0) is 23.8 Å². The molecule has 0 saturated heterocycles. The van der Waals surface area contributed by atoms with E-state index >= 15 is 0 Å². The van der Waals surface area contributed by atoms with Crippen molar-refractivity contribution >= 4 is 18.0 Å². The van der Waals surface area contributed by atoms with Crippen molar-refractivity contribution in [3.05, 3.63) is 41.5 Å². The van der Waals surface area contributed by atoms with E-state index in [0.29, 0.717) is 11.1 Å². The minimum absolute atomic E-state index is 0.0817. The van der Waals surface area contributed by atoms with Crippen molar-refractivity contribution in [3.8, 4) is 0 Å². The van der Waals surface area contributed by atoms with E-state index in [9.17, 15) is 9.59 Å². The molecule has 0 heterocycles. The first-order chi connectivity index (χ1) is 8.54. The summed E-state index contributed by atoms with van der Waals surface area (Å²) >= 11 is 0. The molecule has 0 spiro atoms. The number of aliphatic carboxylic acids is 1. The van der Waals surface area contributed by atoms with Crippen LogP contribution in [-0.4, -0.2) is 47.2 Å². The lowest BCUT2D eigenvalue weighted by Crippen LogP contribution is -2.29. The highest BCUT2D eigenvalue weighted by molar-refractivity contribution is 5.94. The van der Waals surface area contributed by atoms with Gasteiger partial charge in [0.05, 0.1) is 6.61 Å². The van der Waals surface area contributed by atoms with Crippen molar-refractivity contribution < 1.29 is 19.8 Å². The molecule has 1 aromatic rings. The van der Waals surface area contributed by atoms with Crippen LogP contribution < -0.4 is 0 Å². The molecule has 0 aliphatic carbocycles. The molecule has 0 aliphatic rings. The fourth-order valence-corrected chi connectivity index (χ4v) is 1.38. The van der Waals surface area contributed by atoms with Gasteiger partial charge in [0, 0.05) is 25.2 Å². The van der Waals surface area contributed by atoms with Crippen LogP contribution in [0.3, 0.4) is 0 Å². The van der Waals surface area contributed by atoms with Crippen molar-refractivity contribution in [2.75, 3.05) is 20.2 Å². The largest absolute Gasteiger partial charge is 0.478 e. The van der Waals surface area contributed by atoms with E-state index in [1.54, 1.807) is 31.3 Å². The zero-order valence-corrected chi connectivity index (χ0v) is 10.0. The molecular weight excluding hydrogens is 234 g/mol. The summed E-state index contributed by atoms with van der Waals surface area (Å²) in [5.41, 5.74) is 1.21. The zero-order valence-electron chi connectivity index (χ0n) is 10.0. The summed E-state index contributed by atoms with van der Waals surface area (Å²) in [4.78, 5) is 23.6. The molecule has 18 heavy (non-hydrogen) atoms. The highest BCUT2D eigenvalue weighted by Gasteiger charge is 2.10. The van der Waals surface area contributed by atoms with E-state index in [4.69, 9.17) is 10.2 Å². The highest BCUT2D eigenvalue weighted by Crippen LogP contribution is 2.08. The Bertz CT molecular complexity index is 451. The first-order valence-corrected chi connectivity index (χ1v) is 5.42. The predicted octanol–water partition coefficient (Wildman–Crippen LogP) is 0.849. The lowest BCUT2D eigenvalue weighted by atomic mass is 10.1. The molecule has 1 aromatic carbocycles. The molecule has 0 radical (unpaired) electrons. The number of likely N-dealkylation sites (N-methyl/N-ethyl adjacent to an activating group) is 1. The van der Waals surface area contributed by atoms with Gasteiger partial charge in [-0.1, -0.05) is 12.1 Å². The minimum atomic E-state index is -1.02. The van der Waals surface area contributed by atoms with Crippen LogP contribution in [0.15, 0.2) is 30.3 Å². The average molecular weight is 249 g/mol. The lowest BCUT2D eigenvalue weighted by Gasteiger charge is -2.15. The van der Waals surface area contributed by atoms with E-state index in [-0.39, 0.29) is 19.1 Å². The maximum Gasteiger partial charge on any atom is 0.328 e. The molecule has 0 bridgehead atoms. The molecule has 1 amide bonds. The molecule has 1 rings (SSSR count). The van der Waals surface area contributed by atoms with Gasteiger partial charge in [0.25, 0.3) is 5.91 Å². The number of aliphatic hydroxyl groups excluding tert-OH is 1. The molecule has 0 unspecified atom stereocenters. The maximum absolute atomic E-state index is 11.8. The monoisotopic (exact) mass is 249 g/mol. The average Bonchev–Trinajstić information content (AvgIpc) is 2.36. The van der Waals surface area contributed by atoms with Crippen molar-refractivity contribution in [1.82, 2.24) is 4.90 Å². The van der Waals surface area contributed by atoms with Gasteiger partial charge in [0.15, 0.2) is 0 Å². The molecule has 5 heteroatoms. The summed E-state index contributed by atoms with van der Waals surface area (Å²) in [6.45, 7) is 0.196. The Morgan fingerprint density at radius 1 is 1.28 bits per heavy atom. The molecule has 0 fully saturated rings. The van der Waals surface area contributed by atoms with Crippen LogP contribution in [0, 0.1) is 0 Å². The van der Waals surface area contributed by atoms with Gasteiger partial charge in [-0.3, -0.25) is 4.79 Å². The number of carbonyl (C=O) groups excluding carboxylic acids is 1. The van der Waals surface area contributed by atoms with Crippen LogP contribution in [0.5, 0.6) is 0 Å². The van der Waals surface area contributed by atoms with Gasteiger partial charge in [-0.2, -0.15) is 0 Å². The van der Waals surface area contributed by atoms with Crippen molar-refractivity contribution in [1.29, 1.82) is 0 Å². The summed E-state index contributed by atoms with van der Waals surface area (Å²) in [5, 5.41) is 17.2. The van der Waals surface area contributed by atoms with Gasteiger partial charge in [-0.25, -0.2) is 4.79 Å². The Labute approximate surface area is 105 Å². The van der Waals surface area contributed by atoms with E-state index in [1.807, 2.05) is 0 Å². The number of carboxylic acids is 1. The van der Waals surface area contributed by atoms with Gasteiger partial charge in [-0.15, -0.1) is 0 Å². The summed E-state index contributed by atoms with van der Waals surface area (Å²) in [7, 11) is 1.61. The van der Waals surface area contributed by atoms with Gasteiger partial charge < -0.3 is 15.1 Å². The number of rotatable bonds is 5. The first kappa shape index (κ1) is 13.9. The Morgan fingerprint density at radius 2 is 1.89 bits per heavy atom. The van der Waals surface area contributed by atoms with Gasteiger partial charge in [0.2, 0.25) is 0 Å². The molecule has 0 atom stereocenters. The zero-order chi connectivity index (χ0) is 13.5. The number of nitrogens with zero attached hydrogens (tertiary/aromatic N) is 1. The standard InChI is InChI=1S/C13H15NO4/c1-14(8-9-15)13(18)11-5-2-10(3-6-11)4-7-12(16)17/h2-7,15H,8-9H2,1H3,(H,16,17)/b7-4+. The second kappa shape index (κ2) is 6.56. The van der Waals surface area contributed by atoms with Crippen LogP contribution in [0.1, 0.15) is 15.9 Å². The van der Waals surface area contributed by atoms with E-state index in [0.717, 1.165) is 6.08 Å². The lowest BCUT2D eigenvalue weighted by molar-refractivity contribution is -0.131.